The molecule has 0 fully saturated rings. The largest absolute Gasteiger partial charge is 0.361 e. The van der Waals surface area contributed by atoms with Crippen molar-refractivity contribution in [1.82, 2.24) is 10.3 Å². The van der Waals surface area contributed by atoms with E-state index in [9.17, 15) is 4.79 Å². The molecule has 0 aliphatic rings. The lowest BCUT2D eigenvalue weighted by atomic mass is 9.90. The summed E-state index contributed by atoms with van der Waals surface area (Å²) in [4.78, 5) is 16.4. The van der Waals surface area contributed by atoms with Crippen molar-refractivity contribution in [1.29, 1.82) is 0 Å². The molecule has 0 saturated carbocycles. The number of carbonyl (C=O) groups excluding carboxylic acids is 1. The van der Waals surface area contributed by atoms with Crippen LogP contribution >= 0.6 is 22.9 Å². The van der Waals surface area contributed by atoms with Crippen LogP contribution in [-0.2, 0) is 0 Å². The highest BCUT2D eigenvalue weighted by molar-refractivity contribution is 7.12. The van der Waals surface area contributed by atoms with Gasteiger partial charge in [0.2, 0.25) is 0 Å². The van der Waals surface area contributed by atoms with Crippen LogP contribution in [0.15, 0.2) is 72.2 Å². The Hall–Kier alpha value is -2.56. The van der Waals surface area contributed by atoms with Crippen LogP contribution < -0.4 is 5.32 Å². The maximum atomic E-state index is 12.4. The Balaban J connectivity index is 1.70. The third-order valence-electron chi connectivity index (χ3n) is 4.49. The van der Waals surface area contributed by atoms with Gasteiger partial charge in [0.05, 0.1) is 4.88 Å². The minimum Gasteiger partial charge on any atom is -0.361 e. The lowest BCUT2D eigenvalue weighted by Gasteiger charge is -2.19. The van der Waals surface area contributed by atoms with Crippen LogP contribution in [0, 0.1) is 0 Å². The standard InChI is InChI=1S/C21H17ClN2OS/c22-18-8-3-1-6-14(18)16(13-24-21(25)20-10-5-11-26-20)17-12-23-19-9-4-2-7-15(17)19/h1-12,16,23H,13H2,(H,24,25)/t16-/m1/s1. The Morgan fingerprint density at radius 2 is 1.85 bits per heavy atom. The number of aromatic nitrogens is 1. The van der Waals surface area contributed by atoms with Crippen LogP contribution in [0.2, 0.25) is 5.02 Å². The molecule has 4 rings (SSSR count). The number of thiophene rings is 1. The summed E-state index contributed by atoms with van der Waals surface area (Å²) in [5, 5.41) is 6.81. The highest BCUT2D eigenvalue weighted by Gasteiger charge is 2.21. The fraction of sp³-hybridized carbons (Fsp3) is 0.0952. The SMILES string of the molecule is O=C(NC[C@H](c1ccccc1Cl)c1c[nH]c2ccccc12)c1cccs1. The topological polar surface area (TPSA) is 44.9 Å². The number of amides is 1. The second kappa shape index (κ2) is 7.36. The molecule has 0 aliphatic heterocycles. The van der Waals surface area contributed by atoms with Crippen LogP contribution in [0.5, 0.6) is 0 Å². The molecule has 3 nitrogen and oxygen atoms in total. The molecule has 2 aromatic heterocycles. The Morgan fingerprint density at radius 3 is 2.65 bits per heavy atom. The van der Waals surface area contributed by atoms with Gasteiger partial charge in [-0.2, -0.15) is 0 Å². The molecule has 1 atom stereocenters. The minimum absolute atomic E-state index is 0.0382. The second-order valence-electron chi connectivity index (χ2n) is 6.05. The molecule has 0 spiro atoms. The van der Waals surface area contributed by atoms with Crippen molar-refractivity contribution >= 4 is 39.7 Å². The molecule has 2 heterocycles. The van der Waals surface area contributed by atoms with Gasteiger partial charge in [0, 0.05) is 34.6 Å². The van der Waals surface area contributed by atoms with Crippen molar-refractivity contribution in [2.75, 3.05) is 6.54 Å². The Kier molecular flexibility index (Phi) is 4.78. The number of benzene rings is 2. The average Bonchev–Trinajstić information content (AvgIpc) is 3.33. The lowest BCUT2D eigenvalue weighted by Crippen LogP contribution is -2.28. The quantitative estimate of drug-likeness (QED) is 0.475. The van der Waals surface area contributed by atoms with Gasteiger partial charge >= 0.3 is 0 Å². The third-order valence-corrected chi connectivity index (χ3v) is 5.70. The van der Waals surface area contributed by atoms with E-state index in [0.29, 0.717) is 16.4 Å². The molecule has 4 aromatic rings. The third kappa shape index (κ3) is 3.26. The molecule has 5 heteroatoms. The first-order valence-electron chi connectivity index (χ1n) is 8.36. The summed E-state index contributed by atoms with van der Waals surface area (Å²) >= 11 is 7.92. The molecule has 26 heavy (non-hydrogen) atoms. The van der Waals surface area contributed by atoms with E-state index in [4.69, 9.17) is 11.6 Å². The van der Waals surface area contributed by atoms with Crippen molar-refractivity contribution in [3.63, 3.8) is 0 Å². The van der Waals surface area contributed by atoms with E-state index in [1.54, 1.807) is 0 Å². The molecule has 0 aliphatic carbocycles. The number of nitrogens with one attached hydrogen (secondary N) is 2. The second-order valence-corrected chi connectivity index (χ2v) is 7.41. The number of para-hydroxylation sites is 1. The number of carbonyl (C=O) groups is 1. The highest BCUT2D eigenvalue weighted by Crippen LogP contribution is 2.34. The van der Waals surface area contributed by atoms with E-state index in [2.05, 4.69) is 16.4 Å². The van der Waals surface area contributed by atoms with Crippen LogP contribution in [0.4, 0.5) is 0 Å². The molecular weight excluding hydrogens is 364 g/mol. The van der Waals surface area contributed by atoms with Crippen LogP contribution in [-0.4, -0.2) is 17.4 Å². The normalized spacial score (nSPS) is 12.2. The van der Waals surface area contributed by atoms with Crippen molar-refractivity contribution in [2.45, 2.75) is 5.92 Å². The van der Waals surface area contributed by atoms with Gasteiger partial charge in [0.1, 0.15) is 0 Å². The fourth-order valence-electron chi connectivity index (χ4n) is 3.22. The number of H-pyrrole nitrogens is 1. The van der Waals surface area contributed by atoms with Gasteiger partial charge in [0.15, 0.2) is 0 Å². The summed E-state index contributed by atoms with van der Waals surface area (Å²) in [7, 11) is 0. The molecule has 2 N–H and O–H groups in total. The molecule has 1 amide bonds. The molecule has 0 bridgehead atoms. The summed E-state index contributed by atoms with van der Waals surface area (Å²) in [6.07, 6.45) is 2.01. The Bertz CT molecular complexity index is 1040. The average molecular weight is 381 g/mol. The molecular formula is C21H17ClN2OS. The monoisotopic (exact) mass is 380 g/mol. The molecule has 130 valence electrons. The summed E-state index contributed by atoms with van der Waals surface area (Å²) in [5.41, 5.74) is 3.20. The number of rotatable bonds is 5. The van der Waals surface area contributed by atoms with Gasteiger partial charge in [-0.1, -0.05) is 54.1 Å². The van der Waals surface area contributed by atoms with Crippen molar-refractivity contribution in [3.8, 4) is 0 Å². The number of hydrogen-bond donors (Lipinski definition) is 2. The van der Waals surface area contributed by atoms with Gasteiger partial charge in [-0.25, -0.2) is 0 Å². The first kappa shape index (κ1) is 16.9. The van der Waals surface area contributed by atoms with Gasteiger partial charge in [-0.15, -0.1) is 11.3 Å². The van der Waals surface area contributed by atoms with Crippen LogP contribution in [0.1, 0.15) is 26.7 Å². The number of aromatic amines is 1. The van der Waals surface area contributed by atoms with Crippen LogP contribution in [0.25, 0.3) is 10.9 Å². The summed E-state index contributed by atoms with van der Waals surface area (Å²) in [6.45, 7) is 0.475. The van der Waals surface area contributed by atoms with Crippen molar-refractivity contribution in [2.24, 2.45) is 0 Å². The van der Waals surface area contributed by atoms with E-state index < -0.39 is 0 Å². The molecule has 0 saturated heterocycles. The van der Waals surface area contributed by atoms with Crippen LogP contribution in [0.3, 0.4) is 0 Å². The minimum atomic E-state index is -0.0584. The number of halogens is 1. The van der Waals surface area contributed by atoms with Gasteiger partial charge < -0.3 is 10.3 Å². The van der Waals surface area contributed by atoms with E-state index in [0.717, 1.165) is 22.0 Å². The molecule has 0 radical (unpaired) electrons. The van der Waals surface area contributed by atoms with E-state index >= 15 is 0 Å². The number of fused-ring (bicyclic) bond motifs is 1. The van der Waals surface area contributed by atoms with Crippen molar-refractivity contribution in [3.05, 3.63) is 93.3 Å². The van der Waals surface area contributed by atoms with Gasteiger partial charge in [-0.3, -0.25) is 4.79 Å². The van der Waals surface area contributed by atoms with Crippen molar-refractivity contribution < 1.29 is 4.79 Å². The van der Waals surface area contributed by atoms with E-state index in [1.165, 1.54) is 11.3 Å². The summed E-state index contributed by atoms with van der Waals surface area (Å²) in [5.74, 6) is -0.0966. The predicted molar refractivity (Wildman–Crippen MR) is 108 cm³/mol. The van der Waals surface area contributed by atoms with Gasteiger partial charge in [-0.05, 0) is 34.7 Å². The Morgan fingerprint density at radius 1 is 1.04 bits per heavy atom. The zero-order valence-corrected chi connectivity index (χ0v) is 15.5. The smallest absolute Gasteiger partial charge is 0.261 e. The fourth-order valence-corrected chi connectivity index (χ4v) is 4.12. The first-order valence-corrected chi connectivity index (χ1v) is 9.62. The lowest BCUT2D eigenvalue weighted by molar-refractivity contribution is 0.0956. The zero-order chi connectivity index (χ0) is 17.9. The number of hydrogen-bond acceptors (Lipinski definition) is 2. The van der Waals surface area contributed by atoms with E-state index in [-0.39, 0.29) is 11.8 Å². The summed E-state index contributed by atoms with van der Waals surface area (Å²) < 4.78 is 0. The zero-order valence-electron chi connectivity index (χ0n) is 13.9. The summed E-state index contributed by atoms with van der Waals surface area (Å²) in [6, 6.07) is 19.7. The molecule has 0 unspecified atom stereocenters. The molecule has 2 aromatic carbocycles. The predicted octanol–water partition coefficient (Wildman–Crippen LogP) is 5.44. The Labute approximate surface area is 160 Å². The first-order chi connectivity index (χ1) is 12.7. The highest BCUT2D eigenvalue weighted by atomic mass is 35.5. The maximum Gasteiger partial charge on any atom is 0.261 e. The van der Waals surface area contributed by atoms with Gasteiger partial charge in [0.25, 0.3) is 5.91 Å². The van der Waals surface area contributed by atoms with E-state index in [1.807, 2.05) is 66.2 Å². The maximum absolute atomic E-state index is 12.4.